The van der Waals surface area contributed by atoms with E-state index >= 15 is 0 Å². The molecule has 0 aromatic heterocycles. The average molecular weight is 304 g/mol. The van der Waals surface area contributed by atoms with Crippen LogP contribution in [-0.4, -0.2) is 38.9 Å². The molecule has 1 aromatic rings. The van der Waals surface area contributed by atoms with Crippen LogP contribution in [0.3, 0.4) is 0 Å². The van der Waals surface area contributed by atoms with Gasteiger partial charge in [0, 0.05) is 6.42 Å². The molecule has 2 rings (SSSR count). The van der Waals surface area contributed by atoms with Crippen molar-refractivity contribution in [2.45, 2.75) is 45.2 Å². The maximum atomic E-state index is 12.3. The van der Waals surface area contributed by atoms with Gasteiger partial charge in [-0.05, 0) is 12.0 Å². The molecule has 3 amide bonds. The van der Waals surface area contributed by atoms with Crippen molar-refractivity contribution in [2.75, 3.05) is 0 Å². The summed E-state index contributed by atoms with van der Waals surface area (Å²) in [5.41, 5.74) is 0.826. The number of carbonyl (C=O) groups excluding carboxylic acids is 3. The first-order chi connectivity index (χ1) is 10.5. The first-order valence-corrected chi connectivity index (χ1v) is 7.43. The highest BCUT2D eigenvalue weighted by molar-refractivity contribution is 6.06. The van der Waals surface area contributed by atoms with Crippen LogP contribution >= 0.6 is 0 Å². The molecule has 6 nitrogen and oxygen atoms in total. The predicted molar refractivity (Wildman–Crippen MR) is 78.6 cm³/mol. The molecule has 0 radical (unpaired) electrons. The van der Waals surface area contributed by atoms with Crippen LogP contribution in [-0.2, 0) is 20.9 Å². The number of imide groups is 1. The van der Waals surface area contributed by atoms with E-state index in [1.807, 2.05) is 37.3 Å². The van der Waals surface area contributed by atoms with Gasteiger partial charge in [-0.15, -0.1) is 0 Å². The Morgan fingerprint density at radius 2 is 2.00 bits per heavy atom. The summed E-state index contributed by atoms with van der Waals surface area (Å²) in [5, 5.41) is 10.3. The smallest absolute Gasteiger partial charge is 0.255 e. The quantitative estimate of drug-likeness (QED) is 0.493. The first-order valence-electron chi connectivity index (χ1n) is 7.43. The van der Waals surface area contributed by atoms with Gasteiger partial charge in [0.1, 0.15) is 6.04 Å². The summed E-state index contributed by atoms with van der Waals surface area (Å²) in [5.74, 6) is -1.42. The van der Waals surface area contributed by atoms with E-state index in [0.717, 1.165) is 16.9 Å². The molecule has 1 fully saturated rings. The summed E-state index contributed by atoms with van der Waals surface area (Å²) in [6.45, 7) is 2.09. The van der Waals surface area contributed by atoms with E-state index in [1.165, 1.54) is 0 Å². The molecule has 1 atom stereocenters. The van der Waals surface area contributed by atoms with Gasteiger partial charge in [-0.2, -0.15) is 0 Å². The minimum Gasteiger partial charge on any atom is -0.285 e. The lowest BCUT2D eigenvalue weighted by molar-refractivity contribution is -0.179. The Bertz CT molecular complexity index is 559. The van der Waals surface area contributed by atoms with E-state index < -0.39 is 17.9 Å². The number of hydroxylamine groups is 2. The van der Waals surface area contributed by atoms with Crippen LogP contribution in [0.15, 0.2) is 30.3 Å². The summed E-state index contributed by atoms with van der Waals surface area (Å²) in [6.07, 6.45) is 1.46. The minimum atomic E-state index is -1.10. The van der Waals surface area contributed by atoms with Crippen molar-refractivity contribution in [1.82, 2.24) is 9.96 Å². The number of hydrogen-bond acceptors (Lipinski definition) is 4. The van der Waals surface area contributed by atoms with E-state index in [2.05, 4.69) is 0 Å². The molecule has 0 aliphatic carbocycles. The van der Waals surface area contributed by atoms with Crippen molar-refractivity contribution in [3.05, 3.63) is 35.9 Å². The van der Waals surface area contributed by atoms with Crippen molar-refractivity contribution >= 4 is 17.7 Å². The van der Waals surface area contributed by atoms with Crippen LogP contribution in [0.5, 0.6) is 0 Å². The number of nitrogens with zero attached hydrogens (tertiary/aromatic N) is 2. The monoisotopic (exact) mass is 304 g/mol. The van der Waals surface area contributed by atoms with Crippen molar-refractivity contribution in [2.24, 2.45) is 0 Å². The molecule has 1 unspecified atom stereocenters. The summed E-state index contributed by atoms with van der Waals surface area (Å²) in [7, 11) is 0. The third kappa shape index (κ3) is 3.51. The van der Waals surface area contributed by atoms with E-state index in [9.17, 15) is 19.6 Å². The topological polar surface area (TPSA) is 77.9 Å². The normalized spacial score (nSPS) is 17.9. The second-order valence-corrected chi connectivity index (χ2v) is 5.37. The fraction of sp³-hybridized carbons (Fsp3) is 0.438. The fourth-order valence-electron chi connectivity index (χ4n) is 2.41. The lowest BCUT2D eigenvalue weighted by Crippen LogP contribution is -2.43. The third-order valence-corrected chi connectivity index (χ3v) is 3.70. The molecule has 118 valence electrons. The lowest BCUT2D eigenvalue weighted by Gasteiger charge is -2.21. The van der Waals surface area contributed by atoms with E-state index in [-0.39, 0.29) is 25.3 Å². The highest BCUT2D eigenvalue weighted by Crippen LogP contribution is 2.21. The molecule has 1 N–H and O–H groups in total. The Labute approximate surface area is 129 Å². The summed E-state index contributed by atoms with van der Waals surface area (Å²) < 4.78 is 0. The van der Waals surface area contributed by atoms with Crippen molar-refractivity contribution < 1.29 is 19.6 Å². The Balaban J connectivity index is 2.03. The molecular formula is C16H20N2O4. The summed E-state index contributed by atoms with van der Waals surface area (Å²) >= 11 is 0. The standard InChI is InChI=1S/C16H20N2O4/c1-2-3-9-14(19)18(22)13-10-15(20)17(16(13)21)11-12-7-5-4-6-8-12/h4-8,13,22H,2-3,9-11H2,1H3. The molecule has 0 spiro atoms. The largest absolute Gasteiger partial charge is 0.285 e. The number of carbonyl (C=O) groups is 3. The van der Waals surface area contributed by atoms with Crippen LogP contribution < -0.4 is 0 Å². The third-order valence-electron chi connectivity index (χ3n) is 3.70. The SMILES string of the molecule is CCCCC(=O)N(O)C1CC(=O)N(Cc2ccccc2)C1=O. The number of hydrogen-bond donors (Lipinski definition) is 1. The Morgan fingerprint density at radius 1 is 1.32 bits per heavy atom. The molecule has 1 aliphatic rings. The highest BCUT2D eigenvalue weighted by atomic mass is 16.5. The van der Waals surface area contributed by atoms with Gasteiger partial charge >= 0.3 is 0 Å². The van der Waals surface area contributed by atoms with E-state index in [0.29, 0.717) is 11.5 Å². The number of rotatable bonds is 6. The Kier molecular flexibility index (Phi) is 5.27. The van der Waals surface area contributed by atoms with Gasteiger partial charge in [-0.25, -0.2) is 5.06 Å². The molecule has 1 saturated heterocycles. The van der Waals surface area contributed by atoms with Gasteiger partial charge in [0.25, 0.3) is 5.91 Å². The van der Waals surface area contributed by atoms with Gasteiger partial charge in [-0.1, -0.05) is 43.7 Å². The van der Waals surface area contributed by atoms with Gasteiger partial charge in [0.15, 0.2) is 0 Å². The second-order valence-electron chi connectivity index (χ2n) is 5.37. The molecule has 1 heterocycles. The lowest BCUT2D eigenvalue weighted by atomic mass is 10.2. The molecule has 22 heavy (non-hydrogen) atoms. The van der Waals surface area contributed by atoms with Crippen LogP contribution in [0, 0.1) is 0 Å². The average Bonchev–Trinajstić information content (AvgIpc) is 2.81. The number of unbranched alkanes of at least 4 members (excludes halogenated alkanes) is 1. The van der Waals surface area contributed by atoms with Crippen LogP contribution in [0.4, 0.5) is 0 Å². The summed E-state index contributed by atoms with van der Waals surface area (Å²) in [4.78, 5) is 37.2. The van der Waals surface area contributed by atoms with Crippen molar-refractivity contribution in [1.29, 1.82) is 0 Å². The summed E-state index contributed by atoms with van der Waals surface area (Å²) in [6, 6.07) is 8.03. The number of benzene rings is 1. The molecule has 0 saturated carbocycles. The second kappa shape index (κ2) is 7.17. The van der Waals surface area contributed by atoms with E-state index in [4.69, 9.17) is 0 Å². The predicted octanol–water partition coefficient (Wildman–Crippen LogP) is 1.72. The molecule has 1 aliphatic heterocycles. The Hall–Kier alpha value is -2.21. The molecule has 1 aromatic carbocycles. The Morgan fingerprint density at radius 3 is 2.64 bits per heavy atom. The van der Waals surface area contributed by atoms with Crippen LogP contribution in [0.2, 0.25) is 0 Å². The zero-order valence-electron chi connectivity index (χ0n) is 12.6. The molecule has 6 heteroatoms. The van der Waals surface area contributed by atoms with E-state index in [1.54, 1.807) is 0 Å². The van der Waals surface area contributed by atoms with Gasteiger partial charge < -0.3 is 0 Å². The van der Waals surface area contributed by atoms with Crippen molar-refractivity contribution in [3.63, 3.8) is 0 Å². The number of amides is 3. The van der Waals surface area contributed by atoms with Gasteiger partial charge in [0.2, 0.25) is 11.8 Å². The van der Waals surface area contributed by atoms with Crippen LogP contribution in [0.25, 0.3) is 0 Å². The maximum Gasteiger partial charge on any atom is 0.255 e. The minimum absolute atomic E-state index is 0.159. The highest BCUT2D eigenvalue weighted by Gasteiger charge is 2.43. The van der Waals surface area contributed by atoms with Crippen LogP contribution in [0.1, 0.15) is 38.2 Å². The first kappa shape index (κ1) is 16.2. The molecule has 0 bridgehead atoms. The number of likely N-dealkylation sites (tertiary alicyclic amines) is 1. The van der Waals surface area contributed by atoms with Gasteiger partial charge in [0.05, 0.1) is 13.0 Å². The zero-order valence-corrected chi connectivity index (χ0v) is 12.6. The van der Waals surface area contributed by atoms with Gasteiger partial charge in [-0.3, -0.25) is 24.5 Å². The molecular weight excluding hydrogens is 284 g/mol. The maximum absolute atomic E-state index is 12.3. The zero-order chi connectivity index (χ0) is 16.1. The van der Waals surface area contributed by atoms with Crippen molar-refractivity contribution in [3.8, 4) is 0 Å². The fourth-order valence-corrected chi connectivity index (χ4v) is 2.41.